The van der Waals surface area contributed by atoms with Crippen molar-refractivity contribution in [2.45, 2.75) is 25.4 Å². The van der Waals surface area contributed by atoms with Crippen LogP contribution in [0.25, 0.3) is 0 Å². The van der Waals surface area contributed by atoms with Crippen LogP contribution in [0.3, 0.4) is 0 Å². The Morgan fingerprint density at radius 3 is 3.00 bits per heavy atom. The summed E-state index contributed by atoms with van der Waals surface area (Å²) in [5.41, 5.74) is 0.479. The quantitative estimate of drug-likeness (QED) is 0.597. The molecule has 0 amide bonds. The molecule has 0 atom stereocenters. The predicted octanol–water partition coefficient (Wildman–Crippen LogP) is -0.245. The van der Waals surface area contributed by atoms with E-state index < -0.39 is 5.97 Å². The number of aromatic carboxylic acids is 1. The smallest absolute Gasteiger partial charge is 0.358 e. The molecule has 1 heterocycles. The topological polar surface area (TPSA) is 90.9 Å². The highest BCUT2D eigenvalue weighted by molar-refractivity contribution is 5.86. The second kappa shape index (κ2) is 3.14. The number of carboxylic acid groups (broad SMARTS) is 1. The van der Waals surface area contributed by atoms with E-state index in [1.54, 1.807) is 0 Å². The normalized spacial score (nSPS) is 16.0. The summed E-state index contributed by atoms with van der Waals surface area (Å²) in [5.74, 6) is -1.04. The Kier molecular flexibility index (Phi) is 1.97. The molecule has 1 aliphatic carbocycles. The summed E-state index contributed by atoms with van der Waals surface area (Å²) in [4.78, 5) is 10.6. The number of H-pyrrole nitrogens is 1. The Balaban J connectivity index is 2.00. The number of rotatable bonds is 4. The molecule has 0 aromatic carbocycles. The van der Waals surface area contributed by atoms with Gasteiger partial charge in [0.2, 0.25) is 0 Å². The molecule has 1 saturated carbocycles. The maximum Gasteiger partial charge on any atom is 0.358 e. The zero-order chi connectivity index (χ0) is 9.26. The third kappa shape index (κ3) is 1.83. The predicted molar refractivity (Wildman–Crippen MR) is 43.2 cm³/mol. The molecule has 2 rings (SSSR count). The first-order valence-electron chi connectivity index (χ1n) is 4.13. The average Bonchev–Trinajstić information content (AvgIpc) is 2.79. The van der Waals surface area contributed by atoms with Gasteiger partial charge in [0.1, 0.15) is 5.69 Å². The summed E-state index contributed by atoms with van der Waals surface area (Å²) < 4.78 is 0. The standard InChI is InChI=1S/C7H10N4O2/c12-7(13)6-5(9-11-10-6)3-8-4-1-2-4/h4,8H,1-3H2,(H,12,13)(H,9,10,11). The monoisotopic (exact) mass is 182 g/mol. The van der Waals surface area contributed by atoms with E-state index in [4.69, 9.17) is 5.11 Å². The summed E-state index contributed by atoms with van der Waals surface area (Å²) >= 11 is 0. The van der Waals surface area contributed by atoms with E-state index in [0.29, 0.717) is 18.3 Å². The lowest BCUT2D eigenvalue weighted by Crippen LogP contribution is -2.17. The Labute approximate surface area is 74.3 Å². The molecule has 0 bridgehead atoms. The third-order valence-corrected chi connectivity index (χ3v) is 1.96. The third-order valence-electron chi connectivity index (χ3n) is 1.96. The molecule has 6 heteroatoms. The maximum absolute atomic E-state index is 10.6. The average molecular weight is 182 g/mol. The van der Waals surface area contributed by atoms with Crippen molar-refractivity contribution in [2.75, 3.05) is 0 Å². The first kappa shape index (κ1) is 8.18. The van der Waals surface area contributed by atoms with Crippen LogP contribution in [0.15, 0.2) is 0 Å². The number of nitrogens with zero attached hydrogens (tertiary/aromatic N) is 2. The fourth-order valence-electron chi connectivity index (χ4n) is 1.08. The largest absolute Gasteiger partial charge is 0.476 e. The van der Waals surface area contributed by atoms with Crippen molar-refractivity contribution in [1.29, 1.82) is 0 Å². The highest BCUT2D eigenvalue weighted by Gasteiger charge is 2.22. The van der Waals surface area contributed by atoms with Gasteiger partial charge in [0.15, 0.2) is 5.69 Å². The zero-order valence-electron chi connectivity index (χ0n) is 6.95. The van der Waals surface area contributed by atoms with Crippen molar-refractivity contribution in [1.82, 2.24) is 20.7 Å². The van der Waals surface area contributed by atoms with E-state index in [0.717, 1.165) is 0 Å². The van der Waals surface area contributed by atoms with E-state index in [1.165, 1.54) is 12.8 Å². The van der Waals surface area contributed by atoms with Crippen LogP contribution in [-0.2, 0) is 6.54 Å². The molecule has 1 aliphatic rings. The van der Waals surface area contributed by atoms with Gasteiger partial charge in [0.05, 0.1) is 0 Å². The van der Waals surface area contributed by atoms with Crippen molar-refractivity contribution in [2.24, 2.45) is 0 Å². The van der Waals surface area contributed by atoms with Gasteiger partial charge < -0.3 is 10.4 Å². The summed E-state index contributed by atoms with van der Waals surface area (Å²) in [5, 5.41) is 21.5. The molecular weight excluding hydrogens is 172 g/mol. The van der Waals surface area contributed by atoms with Gasteiger partial charge in [-0.3, -0.25) is 0 Å². The number of hydrogen-bond donors (Lipinski definition) is 3. The number of aromatic nitrogens is 3. The van der Waals surface area contributed by atoms with Crippen LogP contribution in [0, 0.1) is 0 Å². The van der Waals surface area contributed by atoms with Crippen molar-refractivity contribution >= 4 is 5.97 Å². The lowest BCUT2D eigenvalue weighted by Gasteiger charge is -1.98. The summed E-state index contributed by atoms with van der Waals surface area (Å²) in [6, 6.07) is 0.540. The molecule has 0 spiro atoms. The Morgan fingerprint density at radius 2 is 2.38 bits per heavy atom. The van der Waals surface area contributed by atoms with Gasteiger partial charge in [0.25, 0.3) is 0 Å². The van der Waals surface area contributed by atoms with Crippen molar-refractivity contribution in [3.8, 4) is 0 Å². The number of nitrogens with one attached hydrogen (secondary N) is 2. The first-order valence-corrected chi connectivity index (χ1v) is 4.13. The van der Waals surface area contributed by atoms with Gasteiger partial charge >= 0.3 is 5.97 Å². The molecule has 13 heavy (non-hydrogen) atoms. The van der Waals surface area contributed by atoms with Gasteiger partial charge in [-0.15, -0.1) is 5.10 Å². The fraction of sp³-hybridized carbons (Fsp3) is 0.571. The van der Waals surface area contributed by atoms with E-state index in [9.17, 15) is 4.79 Å². The molecule has 0 unspecified atom stereocenters. The molecular formula is C7H10N4O2. The molecule has 1 aromatic rings. The zero-order valence-corrected chi connectivity index (χ0v) is 6.95. The van der Waals surface area contributed by atoms with E-state index in [-0.39, 0.29) is 5.69 Å². The van der Waals surface area contributed by atoms with E-state index >= 15 is 0 Å². The molecule has 0 saturated heterocycles. The second-order valence-electron chi connectivity index (χ2n) is 3.08. The molecule has 3 N–H and O–H groups in total. The fourth-order valence-corrected chi connectivity index (χ4v) is 1.08. The van der Waals surface area contributed by atoms with Gasteiger partial charge in [-0.05, 0) is 12.8 Å². The van der Waals surface area contributed by atoms with Crippen LogP contribution < -0.4 is 5.32 Å². The van der Waals surface area contributed by atoms with Crippen molar-refractivity contribution < 1.29 is 9.90 Å². The van der Waals surface area contributed by atoms with Crippen molar-refractivity contribution in [3.63, 3.8) is 0 Å². The SMILES string of the molecule is O=C(O)c1n[nH]nc1CNC1CC1. The van der Waals surface area contributed by atoms with Gasteiger partial charge in [0, 0.05) is 12.6 Å². The van der Waals surface area contributed by atoms with Crippen LogP contribution in [0.5, 0.6) is 0 Å². The van der Waals surface area contributed by atoms with Gasteiger partial charge in [-0.1, -0.05) is 0 Å². The molecule has 6 nitrogen and oxygen atoms in total. The number of hydrogen-bond acceptors (Lipinski definition) is 4. The minimum Gasteiger partial charge on any atom is -0.476 e. The molecule has 0 radical (unpaired) electrons. The van der Waals surface area contributed by atoms with Crippen molar-refractivity contribution in [3.05, 3.63) is 11.4 Å². The molecule has 70 valence electrons. The van der Waals surface area contributed by atoms with Gasteiger partial charge in [-0.2, -0.15) is 10.3 Å². The van der Waals surface area contributed by atoms with Crippen LogP contribution in [-0.4, -0.2) is 32.5 Å². The highest BCUT2D eigenvalue weighted by Crippen LogP contribution is 2.19. The first-order chi connectivity index (χ1) is 6.27. The summed E-state index contributed by atoms with van der Waals surface area (Å²) in [7, 11) is 0. The Hall–Kier alpha value is -1.43. The molecule has 0 aliphatic heterocycles. The van der Waals surface area contributed by atoms with Crippen LogP contribution in [0.2, 0.25) is 0 Å². The van der Waals surface area contributed by atoms with Crippen LogP contribution in [0.4, 0.5) is 0 Å². The lowest BCUT2D eigenvalue weighted by molar-refractivity contribution is 0.0689. The van der Waals surface area contributed by atoms with E-state index in [2.05, 4.69) is 20.7 Å². The Morgan fingerprint density at radius 1 is 1.62 bits per heavy atom. The van der Waals surface area contributed by atoms with E-state index in [1.807, 2.05) is 0 Å². The van der Waals surface area contributed by atoms with Crippen LogP contribution >= 0.6 is 0 Å². The Bertz CT molecular complexity index is 318. The van der Waals surface area contributed by atoms with Gasteiger partial charge in [-0.25, -0.2) is 4.79 Å². The van der Waals surface area contributed by atoms with Crippen LogP contribution in [0.1, 0.15) is 29.0 Å². The summed E-state index contributed by atoms with van der Waals surface area (Å²) in [6.07, 6.45) is 2.33. The minimum atomic E-state index is -1.04. The molecule has 1 fully saturated rings. The maximum atomic E-state index is 10.6. The minimum absolute atomic E-state index is 0.00755. The summed E-state index contributed by atoms with van der Waals surface area (Å²) in [6.45, 7) is 0.475. The number of carboxylic acids is 1. The number of carbonyl (C=O) groups is 1. The second-order valence-corrected chi connectivity index (χ2v) is 3.08. The number of aromatic amines is 1. The molecule has 1 aromatic heterocycles. The highest BCUT2D eigenvalue weighted by atomic mass is 16.4. The lowest BCUT2D eigenvalue weighted by atomic mass is 10.3.